The zero-order valence-corrected chi connectivity index (χ0v) is 17.3. The van der Waals surface area contributed by atoms with Crippen molar-refractivity contribution in [3.05, 3.63) is 47.8 Å². The summed E-state index contributed by atoms with van der Waals surface area (Å²) in [6.45, 7) is 2.39. The lowest BCUT2D eigenvalue weighted by atomic mass is 9.92. The van der Waals surface area contributed by atoms with Crippen molar-refractivity contribution in [2.24, 2.45) is 13.0 Å². The first-order valence-electron chi connectivity index (χ1n) is 10.7. The molecule has 8 heteroatoms. The molecule has 7 nitrogen and oxygen atoms in total. The number of carbonyl (C=O) groups excluding carboxylic acids is 2. The fourth-order valence-electron chi connectivity index (χ4n) is 4.57. The van der Waals surface area contributed by atoms with Crippen LogP contribution in [0.25, 0.3) is 0 Å². The van der Waals surface area contributed by atoms with E-state index in [0.29, 0.717) is 51.4 Å². The molecule has 2 aromatic rings. The maximum Gasteiger partial charge on any atom is 0.227 e. The molecule has 0 saturated carbocycles. The van der Waals surface area contributed by atoms with Crippen LogP contribution in [0.1, 0.15) is 43.0 Å². The van der Waals surface area contributed by atoms with Crippen LogP contribution in [-0.2, 0) is 23.1 Å². The lowest BCUT2D eigenvalue weighted by Crippen LogP contribution is -2.49. The molecule has 4 rings (SSSR count). The summed E-state index contributed by atoms with van der Waals surface area (Å²) < 4.78 is 15.3. The van der Waals surface area contributed by atoms with E-state index in [2.05, 4.69) is 10.2 Å². The SMILES string of the molecule is Cn1cnnc1C1CCN(C(=O)[C@H]2CCC(=O)N(CCc3cccc(F)c3)C2)CC1. The van der Waals surface area contributed by atoms with E-state index in [1.165, 1.54) is 12.1 Å². The third-order valence-corrected chi connectivity index (χ3v) is 6.33. The van der Waals surface area contributed by atoms with Crippen molar-refractivity contribution in [3.8, 4) is 0 Å². The fourth-order valence-corrected chi connectivity index (χ4v) is 4.57. The Labute approximate surface area is 175 Å². The summed E-state index contributed by atoms with van der Waals surface area (Å²) in [5.74, 6) is 1.12. The number of aromatic nitrogens is 3. The largest absolute Gasteiger partial charge is 0.342 e. The summed E-state index contributed by atoms with van der Waals surface area (Å²) in [5, 5.41) is 8.17. The highest BCUT2D eigenvalue weighted by Gasteiger charge is 2.34. The number of rotatable bonds is 5. The van der Waals surface area contributed by atoms with Gasteiger partial charge in [0.25, 0.3) is 0 Å². The van der Waals surface area contributed by atoms with E-state index in [1.807, 2.05) is 22.6 Å². The van der Waals surface area contributed by atoms with Gasteiger partial charge in [0, 0.05) is 45.6 Å². The molecule has 3 heterocycles. The van der Waals surface area contributed by atoms with Crippen LogP contribution in [0, 0.1) is 11.7 Å². The molecule has 160 valence electrons. The van der Waals surface area contributed by atoms with Crippen molar-refractivity contribution in [2.75, 3.05) is 26.2 Å². The summed E-state index contributed by atoms with van der Waals surface area (Å²) in [6, 6.07) is 6.46. The molecule has 1 aromatic carbocycles. The monoisotopic (exact) mass is 413 g/mol. The maximum atomic E-state index is 13.4. The van der Waals surface area contributed by atoms with Gasteiger partial charge in [0.1, 0.15) is 18.0 Å². The van der Waals surface area contributed by atoms with Crippen molar-refractivity contribution in [2.45, 2.75) is 38.0 Å². The molecule has 1 aromatic heterocycles. The minimum absolute atomic E-state index is 0.0800. The molecule has 0 aliphatic carbocycles. The molecule has 0 radical (unpaired) electrons. The molecule has 2 aliphatic rings. The molecule has 0 unspecified atom stereocenters. The third-order valence-electron chi connectivity index (χ3n) is 6.33. The van der Waals surface area contributed by atoms with Crippen LogP contribution in [0.5, 0.6) is 0 Å². The van der Waals surface area contributed by atoms with Gasteiger partial charge in [-0.1, -0.05) is 12.1 Å². The summed E-state index contributed by atoms with van der Waals surface area (Å²) in [5.41, 5.74) is 0.863. The summed E-state index contributed by atoms with van der Waals surface area (Å²) >= 11 is 0. The van der Waals surface area contributed by atoms with E-state index in [1.54, 1.807) is 17.3 Å². The number of carbonyl (C=O) groups is 2. The summed E-state index contributed by atoms with van der Waals surface area (Å²) in [7, 11) is 1.95. The Morgan fingerprint density at radius 3 is 2.73 bits per heavy atom. The smallest absolute Gasteiger partial charge is 0.227 e. The zero-order valence-electron chi connectivity index (χ0n) is 17.3. The Morgan fingerprint density at radius 2 is 2.03 bits per heavy atom. The Balaban J connectivity index is 1.31. The number of hydrogen-bond acceptors (Lipinski definition) is 4. The molecular formula is C22H28FN5O2. The summed E-state index contributed by atoms with van der Waals surface area (Å²) in [4.78, 5) is 29.1. The van der Waals surface area contributed by atoms with E-state index in [-0.39, 0.29) is 23.5 Å². The topological polar surface area (TPSA) is 71.3 Å². The zero-order chi connectivity index (χ0) is 21.1. The first-order chi connectivity index (χ1) is 14.5. The van der Waals surface area contributed by atoms with Gasteiger partial charge >= 0.3 is 0 Å². The van der Waals surface area contributed by atoms with Gasteiger partial charge in [-0.05, 0) is 43.4 Å². The third kappa shape index (κ3) is 4.52. The van der Waals surface area contributed by atoms with Gasteiger partial charge in [-0.3, -0.25) is 9.59 Å². The molecule has 30 heavy (non-hydrogen) atoms. The van der Waals surface area contributed by atoms with E-state index < -0.39 is 0 Å². The number of benzene rings is 1. The maximum absolute atomic E-state index is 13.4. The van der Waals surface area contributed by atoms with Gasteiger partial charge in [-0.15, -0.1) is 10.2 Å². The average molecular weight is 413 g/mol. The molecule has 0 N–H and O–H groups in total. The Kier molecular flexibility index (Phi) is 6.11. The Bertz CT molecular complexity index is 906. The number of aryl methyl sites for hydroxylation is 1. The van der Waals surface area contributed by atoms with Crippen LogP contribution >= 0.6 is 0 Å². The molecule has 1 atom stereocenters. The van der Waals surface area contributed by atoms with Gasteiger partial charge in [0.05, 0.1) is 5.92 Å². The van der Waals surface area contributed by atoms with E-state index in [4.69, 9.17) is 0 Å². The Hall–Kier alpha value is -2.77. The standard InChI is InChI=1S/C22H28FN5O2/c1-26-15-24-25-21(26)17-8-11-27(12-9-17)22(30)18-5-6-20(29)28(14-18)10-7-16-3-2-4-19(23)13-16/h2-4,13,15,17-18H,5-12,14H2,1H3/t18-/m0/s1. The molecule has 0 spiro atoms. The quantitative estimate of drug-likeness (QED) is 0.753. The van der Waals surface area contributed by atoms with Crippen molar-refractivity contribution in [1.82, 2.24) is 24.6 Å². The van der Waals surface area contributed by atoms with Gasteiger partial charge in [-0.2, -0.15) is 0 Å². The van der Waals surface area contributed by atoms with Crippen LogP contribution in [0.3, 0.4) is 0 Å². The van der Waals surface area contributed by atoms with E-state index >= 15 is 0 Å². The van der Waals surface area contributed by atoms with Crippen LogP contribution in [0.4, 0.5) is 4.39 Å². The van der Waals surface area contributed by atoms with E-state index in [9.17, 15) is 14.0 Å². The van der Waals surface area contributed by atoms with Crippen molar-refractivity contribution in [1.29, 1.82) is 0 Å². The number of piperidine rings is 2. The highest BCUT2D eigenvalue weighted by Crippen LogP contribution is 2.28. The van der Waals surface area contributed by atoms with Crippen molar-refractivity contribution >= 4 is 11.8 Å². The molecule has 2 amide bonds. The van der Waals surface area contributed by atoms with Gasteiger partial charge in [-0.25, -0.2) is 4.39 Å². The average Bonchev–Trinajstić information content (AvgIpc) is 3.19. The number of nitrogens with zero attached hydrogens (tertiary/aromatic N) is 5. The second-order valence-corrected chi connectivity index (χ2v) is 8.35. The number of amides is 2. The van der Waals surface area contributed by atoms with Crippen LogP contribution in [-0.4, -0.2) is 62.6 Å². The minimum Gasteiger partial charge on any atom is -0.342 e. The van der Waals surface area contributed by atoms with Crippen LogP contribution in [0.2, 0.25) is 0 Å². The molecule has 2 saturated heterocycles. The predicted octanol–water partition coefficient (Wildman–Crippen LogP) is 2.14. The minimum atomic E-state index is -0.268. The highest BCUT2D eigenvalue weighted by atomic mass is 19.1. The summed E-state index contributed by atoms with van der Waals surface area (Å²) in [6.07, 6.45) is 5.07. The van der Waals surface area contributed by atoms with Gasteiger partial charge in [0.2, 0.25) is 11.8 Å². The van der Waals surface area contributed by atoms with Crippen molar-refractivity contribution in [3.63, 3.8) is 0 Å². The predicted molar refractivity (Wildman–Crippen MR) is 109 cm³/mol. The lowest BCUT2D eigenvalue weighted by molar-refractivity contribution is -0.143. The van der Waals surface area contributed by atoms with E-state index in [0.717, 1.165) is 24.2 Å². The number of likely N-dealkylation sites (tertiary alicyclic amines) is 2. The van der Waals surface area contributed by atoms with Crippen LogP contribution in [0.15, 0.2) is 30.6 Å². The number of hydrogen-bond donors (Lipinski definition) is 0. The molecule has 2 fully saturated rings. The van der Waals surface area contributed by atoms with Gasteiger partial charge < -0.3 is 14.4 Å². The Morgan fingerprint density at radius 1 is 1.23 bits per heavy atom. The molecular weight excluding hydrogens is 385 g/mol. The first kappa shape index (κ1) is 20.5. The van der Waals surface area contributed by atoms with Crippen molar-refractivity contribution < 1.29 is 14.0 Å². The fraction of sp³-hybridized carbons (Fsp3) is 0.545. The molecule has 0 bridgehead atoms. The van der Waals surface area contributed by atoms with Gasteiger partial charge in [0.15, 0.2) is 0 Å². The van der Waals surface area contributed by atoms with Crippen LogP contribution < -0.4 is 0 Å². The number of halogens is 1. The normalized spacial score (nSPS) is 20.6. The highest BCUT2D eigenvalue weighted by molar-refractivity contribution is 5.84. The molecule has 2 aliphatic heterocycles. The lowest BCUT2D eigenvalue weighted by Gasteiger charge is -2.37. The first-order valence-corrected chi connectivity index (χ1v) is 10.7. The second kappa shape index (κ2) is 8.93. The second-order valence-electron chi connectivity index (χ2n) is 8.35.